The average molecular weight is 394 g/mol. The average Bonchev–Trinajstić information content (AvgIpc) is 2.59. The lowest BCUT2D eigenvalue weighted by atomic mass is 10.2. The number of hydrogen-bond acceptors (Lipinski definition) is 4. The quantitative estimate of drug-likeness (QED) is 0.575. The number of ether oxygens (including phenoxy) is 2. The summed E-state index contributed by atoms with van der Waals surface area (Å²) in [6.45, 7) is 1.47. The molecule has 2 rings (SSSR count). The lowest BCUT2D eigenvalue weighted by Gasteiger charge is -2.12. The van der Waals surface area contributed by atoms with Gasteiger partial charge < -0.3 is 14.8 Å². The highest BCUT2D eigenvalue weighted by molar-refractivity contribution is 6.35. The molecular formula is C19H17Cl2NO4. The number of carbonyl (C=O) groups is 2. The summed E-state index contributed by atoms with van der Waals surface area (Å²) in [7, 11) is 1.58. The van der Waals surface area contributed by atoms with Crippen LogP contribution < -0.4 is 10.1 Å². The maximum atomic E-state index is 12.1. The molecule has 0 unspecified atom stereocenters. The van der Waals surface area contributed by atoms with E-state index >= 15 is 0 Å². The Morgan fingerprint density at radius 2 is 1.69 bits per heavy atom. The predicted octanol–water partition coefficient (Wildman–Crippen LogP) is 4.59. The molecule has 0 aliphatic heterocycles. The number of esters is 1. The normalized spacial score (nSPS) is 11.8. The molecule has 136 valence electrons. The molecule has 0 aliphatic rings. The molecule has 5 nitrogen and oxygen atoms in total. The van der Waals surface area contributed by atoms with Crippen molar-refractivity contribution in [1.82, 2.24) is 0 Å². The van der Waals surface area contributed by atoms with Crippen LogP contribution in [0.4, 0.5) is 5.69 Å². The van der Waals surface area contributed by atoms with Crippen molar-refractivity contribution >= 4 is 46.8 Å². The monoisotopic (exact) mass is 393 g/mol. The summed E-state index contributed by atoms with van der Waals surface area (Å²) < 4.78 is 10.1. The zero-order valence-electron chi connectivity index (χ0n) is 14.2. The third kappa shape index (κ3) is 6.10. The molecule has 2 aromatic rings. The number of amides is 1. The molecular weight excluding hydrogens is 377 g/mol. The number of benzene rings is 2. The van der Waals surface area contributed by atoms with Crippen molar-refractivity contribution in [3.05, 3.63) is 64.1 Å². The minimum absolute atomic E-state index is 0.389. The third-order valence-corrected chi connectivity index (χ3v) is 3.76. The Balaban J connectivity index is 1.90. The van der Waals surface area contributed by atoms with Gasteiger partial charge in [0.1, 0.15) is 5.75 Å². The number of halogens is 2. The molecule has 0 radical (unpaired) electrons. The van der Waals surface area contributed by atoms with Crippen molar-refractivity contribution in [2.45, 2.75) is 13.0 Å². The van der Waals surface area contributed by atoms with Crippen LogP contribution in [0, 0.1) is 0 Å². The van der Waals surface area contributed by atoms with Crippen molar-refractivity contribution in [3.63, 3.8) is 0 Å². The molecule has 0 saturated heterocycles. The minimum Gasteiger partial charge on any atom is -0.497 e. The molecule has 1 atom stereocenters. The number of methoxy groups -OCH3 is 1. The number of nitrogens with one attached hydrogen (secondary N) is 1. The Morgan fingerprint density at radius 1 is 1.08 bits per heavy atom. The van der Waals surface area contributed by atoms with E-state index in [1.165, 1.54) is 13.0 Å². The van der Waals surface area contributed by atoms with Gasteiger partial charge in [-0.05, 0) is 48.9 Å². The Kier molecular flexibility index (Phi) is 7.06. The van der Waals surface area contributed by atoms with Crippen LogP contribution in [0.1, 0.15) is 12.5 Å². The van der Waals surface area contributed by atoms with E-state index in [9.17, 15) is 9.59 Å². The standard InChI is InChI=1S/C19H17Cl2NO4/c1-12(19(24)22-16-10-14(20)9-15(21)11-16)26-18(23)8-5-13-3-6-17(25-2)7-4-13/h3-12H,1-2H3,(H,22,24)/b8-5+/t12-/m1/s1. The fourth-order valence-corrected chi connectivity index (χ4v) is 2.54. The Hall–Kier alpha value is -2.50. The zero-order chi connectivity index (χ0) is 19.1. The van der Waals surface area contributed by atoms with Gasteiger partial charge in [-0.25, -0.2) is 4.79 Å². The van der Waals surface area contributed by atoms with Crippen LogP contribution in [0.5, 0.6) is 5.75 Å². The van der Waals surface area contributed by atoms with Gasteiger partial charge in [0.2, 0.25) is 0 Å². The van der Waals surface area contributed by atoms with Gasteiger partial charge in [-0.15, -0.1) is 0 Å². The van der Waals surface area contributed by atoms with Crippen molar-refractivity contribution in [1.29, 1.82) is 0 Å². The van der Waals surface area contributed by atoms with E-state index in [4.69, 9.17) is 32.7 Å². The van der Waals surface area contributed by atoms with Crippen molar-refractivity contribution < 1.29 is 19.1 Å². The van der Waals surface area contributed by atoms with Crippen molar-refractivity contribution in [2.24, 2.45) is 0 Å². The Labute approximate surface area is 161 Å². The molecule has 0 bridgehead atoms. The first-order valence-electron chi connectivity index (χ1n) is 7.67. The van der Waals surface area contributed by atoms with Crippen LogP contribution >= 0.6 is 23.2 Å². The van der Waals surface area contributed by atoms with Crippen LogP contribution in [0.2, 0.25) is 10.0 Å². The maximum Gasteiger partial charge on any atom is 0.331 e. The van der Waals surface area contributed by atoms with Gasteiger partial charge >= 0.3 is 5.97 Å². The molecule has 26 heavy (non-hydrogen) atoms. The van der Waals surface area contributed by atoms with Gasteiger partial charge in [0.25, 0.3) is 5.91 Å². The van der Waals surface area contributed by atoms with Crippen LogP contribution in [0.25, 0.3) is 6.08 Å². The van der Waals surface area contributed by atoms with Crippen LogP contribution in [0.15, 0.2) is 48.5 Å². The maximum absolute atomic E-state index is 12.1. The fraction of sp³-hybridized carbons (Fsp3) is 0.158. The predicted molar refractivity (Wildman–Crippen MR) is 103 cm³/mol. The first-order valence-corrected chi connectivity index (χ1v) is 8.42. The summed E-state index contributed by atoms with van der Waals surface area (Å²) in [4.78, 5) is 24.0. The van der Waals surface area contributed by atoms with Gasteiger partial charge in [0.15, 0.2) is 6.10 Å². The molecule has 1 amide bonds. The number of rotatable bonds is 6. The second-order valence-corrected chi connectivity index (χ2v) is 6.21. The first kappa shape index (κ1) is 19.8. The largest absolute Gasteiger partial charge is 0.497 e. The van der Waals surface area contributed by atoms with E-state index in [0.717, 1.165) is 11.3 Å². The highest BCUT2D eigenvalue weighted by Crippen LogP contribution is 2.22. The second kappa shape index (κ2) is 9.27. The van der Waals surface area contributed by atoms with E-state index in [1.807, 2.05) is 0 Å². The summed E-state index contributed by atoms with van der Waals surface area (Å²) in [5, 5.41) is 3.37. The second-order valence-electron chi connectivity index (χ2n) is 5.33. The SMILES string of the molecule is COc1ccc(/C=C/C(=O)O[C@H](C)C(=O)Nc2cc(Cl)cc(Cl)c2)cc1. The molecule has 0 aromatic heterocycles. The number of anilines is 1. The van der Waals surface area contributed by atoms with E-state index in [2.05, 4.69) is 5.32 Å². The molecule has 2 aromatic carbocycles. The van der Waals surface area contributed by atoms with Crippen LogP contribution in [-0.2, 0) is 14.3 Å². The topological polar surface area (TPSA) is 64.6 Å². The zero-order valence-corrected chi connectivity index (χ0v) is 15.7. The molecule has 0 saturated carbocycles. The summed E-state index contributed by atoms with van der Waals surface area (Å²) >= 11 is 11.8. The smallest absolute Gasteiger partial charge is 0.331 e. The molecule has 0 spiro atoms. The van der Waals surface area contributed by atoms with Crippen molar-refractivity contribution in [2.75, 3.05) is 12.4 Å². The lowest BCUT2D eigenvalue weighted by Crippen LogP contribution is -2.29. The van der Waals surface area contributed by atoms with Crippen LogP contribution in [0.3, 0.4) is 0 Å². The van der Waals surface area contributed by atoms with Gasteiger partial charge in [-0.2, -0.15) is 0 Å². The highest BCUT2D eigenvalue weighted by Gasteiger charge is 2.17. The third-order valence-electron chi connectivity index (χ3n) is 3.32. The summed E-state index contributed by atoms with van der Waals surface area (Å²) in [5.41, 5.74) is 1.22. The van der Waals surface area contributed by atoms with E-state index in [1.54, 1.807) is 55.7 Å². The Bertz CT molecular complexity index is 799. The number of hydrogen-bond donors (Lipinski definition) is 1. The molecule has 0 fully saturated rings. The highest BCUT2D eigenvalue weighted by atomic mass is 35.5. The van der Waals surface area contributed by atoms with Crippen LogP contribution in [-0.4, -0.2) is 25.1 Å². The molecule has 0 heterocycles. The fourth-order valence-electron chi connectivity index (χ4n) is 2.02. The van der Waals surface area contributed by atoms with Gasteiger partial charge in [-0.1, -0.05) is 35.3 Å². The molecule has 0 aliphatic carbocycles. The van der Waals surface area contributed by atoms with Gasteiger partial charge in [0, 0.05) is 21.8 Å². The van der Waals surface area contributed by atoms with E-state index < -0.39 is 18.0 Å². The number of carbonyl (C=O) groups excluding carboxylic acids is 2. The molecule has 1 N–H and O–H groups in total. The van der Waals surface area contributed by atoms with E-state index in [-0.39, 0.29) is 0 Å². The molecule has 7 heteroatoms. The lowest BCUT2D eigenvalue weighted by molar-refractivity contribution is -0.148. The minimum atomic E-state index is -0.985. The van der Waals surface area contributed by atoms with Gasteiger partial charge in [0.05, 0.1) is 7.11 Å². The van der Waals surface area contributed by atoms with Crippen molar-refractivity contribution in [3.8, 4) is 5.75 Å². The Morgan fingerprint density at radius 3 is 2.27 bits per heavy atom. The summed E-state index contributed by atoms with van der Waals surface area (Å²) in [6.07, 6.45) is 1.85. The van der Waals surface area contributed by atoms with Gasteiger partial charge in [-0.3, -0.25) is 4.79 Å². The summed E-state index contributed by atoms with van der Waals surface area (Å²) in [6, 6.07) is 11.8. The van der Waals surface area contributed by atoms with E-state index in [0.29, 0.717) is 15.7 Å². The summed E-state index contributed by atoms with van der Waals surface area (Å²) in [5.74, 6) is -0.404. The first-order chi connectivity index (χ1) is 12.4.